The Labute approximate surface area is 149 Å². The van der Waals surface area contributed by atoms with Gasteiger partial charge in [0.1, 0.15) is 0 Å². The van der Waals surface area contributed by atoms with Gasteiger partial charge in [-0.25, -0.2) is 0 Å². The summed E-state index contributed by atoms with van der Waals surface area (Å²) >= 11 is 0. The molecule has 0 saturated heterocycles. The standard InChI is InChI=1S/C18H12F6O3/c19-17(20,21)13-7-3-1-5-11(13)9-15(25)27-16(26)10-12-6-2-4-8-14(12)18(22,23)24/h1-8H,9-10H2. The van der Waals surface area contributed by atoms with Crippen LogP contribution in [0.5, 0.6) is 0 Å². The molecule has 0 N–H and O–H groups in total. The van der Waals surface area contributed by atoms with Crippen LogP contribution in [0.2, 0.25) is 0 Å². The molecule has 0 spiro atoms. The molecule has 0 saturated carbocycles. The summed E-state index contributed by atoms with van der Waals surface area (Å²) < 4.78 is 81.7. The van der Waals surface area contributed by atoms with Gasteiger partial charge < -0.3 is 4.74 Å². The Hall–Kier alpha value is -2.84. The number of alkyl halides is 6. The van der Waals surface area contributed by atoms with Gasteiger partial charge in [-0.2, -0.15) is 26.3 Å². The molecule has 0 aliphatic rings. The van der Waals surface area contributed by atoms with Crippen LogP contribution in [0.4, 0.5) is 26.3 Å². The van der Waals surface area contributed by atoms with Crippen LogP contribution >= 0.6 is 0 Å². The summed E-state index contributed by atoms with van der Waals surface area (Å²) in [6.07, 6.45) is -11.1. The summed E-state index contributed by atoms with van der Waals surface area (Å²) in [5.74, 6) is -2.58. The first-order valence-corrected chi connectivity index (χ1v) is 7.52. The third kappa shape index (κ3) is 5.57. The topological polar surface area (TPSA) is 43.4 Å². The largest absolute Gasteiger partial charge is 0.416 e. The lowest BCUT2D eigenvalue weighted by atomic mass is 10.0. The number of esters is 2. The Balaban J connectivity index is 2.07. The van der Waals surface area contributed by atoms with Gasteiger partial charge in [0.15, 0.2) is 0 Å². The number of halogens is 6. The van der Waals surface area contributed by atoms with E-state index < -0.39 is 59.4 Å². The maximum atomic E-state index is 12.9. The molecule has 2 rings (SSSR count). The molecular formula is C18H12F6O3. The van der Waals surface area contributed by atoms with Gasteiger partial charge in [-0.15, -0.1) is 0 Å². The number of carbonyl (C=O) groups is 2. The molecular weight excluding hydrogens is 378 g/mol. The van der Waals surface area contributed by atoms with Crippen LogP contribution in [0.3, 0.4) is 0 Å². The third-order valence-corrected chi connectivity index (χ3v) is 3.54. The van der Waals surface area contributed by atoms with E-state index in [-0.39, 0.29) is 0 Å². The van der Waals surface area contributed by atoms with E-state index in [4.69, 9.17) is 0 Å². The summed E-state index contributed by atoms with van der Waals surface area (Å²) in [6.45, 7) is 0. The first-order chi connectivity index (χ1) is 12.5. The molecule has 3 nitrogen and oxygen atoms in total. The average Bonchev–Trinajstić information content (AvgIpc) is 2.53. The summed E-state index contributed by atoms with van der Waals surface area (Å²) in [5, 5.41) is 0. The maximum Gasteiger partial charge on any atom is 0.416 e. The average molecular weight is 390 g/mol. The SMILES string of the molecule is O=C(Cc1ccccc1C(F)(F)F)OC(=O)Cc1ccccc1C(F)(F)F. The van der Waals surface area contributed by atoms with E-state index in [0.717, 1.165) is 36.4 Å². The number of ether oxygens (including phenoxy) is 1. The van der Waals surface area contributed by atoms with Crippen molar-refractivity contribution < 1.29 is 40.7 Å². The van der Waals surface area contributed by atoms with Gasteiger partial charge in [0, 0.05) is 0 Å². The second kappa shape index (κ2) is 7.81. The Morgan fingerprint density at radius 3 is 1.33 bits per heavy atom. The Bertz CT molecular complexity index is 770. The smallest absolute Gasteiger partial charge is 0.393 e. The maximum absolute atomic E-state index is 12.9. The van der Waals surface area contributed by atoms with Crippen molar-refractivity contribution in [2.45, 2.75) is 25.2 Å². The Morgan fingerprint density at radius 2 is 1.00 bits per heavy atom. The predicted molar refractivity (Wildman–Crippen MR) is 81.4 cm³/mol. The molecule has 0 aromatic heterocycles. The molecule has 27 heavy (non-hydrogen) atoms. The fourth-order valence-electron chi connectivity index (χ4n) is 2.41. The van der Waals surface area contributed by atoms with Crippen molar-refractivity contribution in [1.82, 2.24) is 0 Å². The van der Waals surface area contributed by atoms with Crippen molar-refractivity contribution in [3.8, 4) is 0 Å². The highest BCUT2D eigenvalue weighted by Crippen LogP contribution is 2.33. The first kappa shape index (κ1) is 20.5. The fraction of sp³-hybridized carbons (Fsp3) is 0.222. The van der Waals surface area contributed by atoms with Crippen LogP contribution in [0, 0.1) is 0 Å². The number of rotatable bonds is 4. The zero-order valence-electron chi connectivity index (χ0n) is 13.5. The van der Waals surface area contributed by atoms with E-state index >= 15 is 0 Å². The quantitative estimate of drug-likeness (QED) is 0.436. The summed E-state index contributed by atoms with van der Waals surface area (Å²) in [4.78, 5) is 23.5. The molecule has 2 aromatic carbocycles. The monoisotopic (exact) mass is 390 g/mol. The van der Waals surface area contributed by atoms with Gasteiger partial charge in [-0.3, -0.25) is 9.59 Å². The van der Waals surface area contributed by atoms with E-state index in [1.54, 1.807) is 0 Å². The molecule has 0 amide bonds. The first-order valence-electron chi connectivity index (χ1n) is 7.52. The van der Waals surface area contributed by atoms with Crippen molar-refractivity contribution >= 4 is 11.9 Å². The van der Waals surface area contributed by atoms with Crippen molar-refractivity contribution in [1.29, 1.82) is 0 Å². The highest BCUT2D eigenvalue weighted by Gasteiger charge is 2.35. The molecule has 2 aromatic rings. The zero-order chi connectivity index (χ0) is 20.2. The molecule has 0 aliphatic heterocycles. The number of carbonyl (C=O) groups excluding carboxylic acids is 2. The van der Waals surface area contributed by atoms with Crippen molar-refractivity contribution in [2.75, 3.05) is 0 Å². The highest BCUT2D eigenvalue weighted by atomic mass is 19.4. The molecule has 0 bridgehead atoms. The number of hydrogen-bond acceptors (Lipinski definition) is 3. The van der Waals surface area contributed by atoms with Gasteiger partial charge in [-0.05, 0) is 23.3 Å². The van der Waals surface area contributed by atoms with E-state index in [9.17, 15) is 35.9 Å². The van der Waals surface area contributed by atoms with Gasteiger partial charge in [0.25, 0.3) is 0 Å². The minimum Gasteiger partial charge on any atom is -0.393 e. The minimum atomic E-state index is -4.70. The van der Waals surface area contributed by atoms with E-state index in [1.807, 2.05) is 0 Å². The van der Waals surface area contributed by atoms with Crippen molar-refractivity contribution in [3.05, 3.63) is 70.8 Å². The van der Waals surface area contributed by atoms with Gasteiger partial charge >= 0.3 is 24.3 Å². The van der Waals surface area contributed by atoms with Crippen LogP contribution in [0.25, 0.3) is 0 Å². The molecule has 0 heterocycles. The highest BCUT2D eigenvalue weighted by molar-refractivity contribution is 5.88. The summed E-state index contributed by atoms with van der Waals surface area (Å²) in [6, 6.07) is 8.46. The number of benzene rings is 2. The van der Waals surface area contributed by atoms with Crippen LogP contribution in [0.15, 0.2) is 48.5 Å². The van der Waals surface area contributed by atoms with Crippen molar-refractivity contribution in [3.63, 3.8) is 0 Å². The minimum absolute atomic E-state index is 0.404. The summed E-state index contributed by atoms with van der Waals surface area (Å²) in [7, 11) is 0. The second-order valence-corrected chi connectivity index (χ2v) is 5.51. The molecule has 0 fully saturated rings. The zero-order valence-corrected chi connectivity index (χ0v) is 13.5. The summed E-state index contributed by atoms with van der Waals surface area (Å²) in [5.41, 5.74) is -2.93. The van der Waals surface area contributed by atoms with Gasteiger partial charge in [0.05, 0.1) is 24.0 Å². The van der Waals surface area contributed by atoms with Crippen LogP contribution in [0.1, 0.15) is 22.3 Å². The van der Waals surface area contributed by atoms with Gasteiger partial charge in [-0.1, -0.05) is 36.4 Å². The molecule has 0 atom stereocenters. The normalized spacial score (nSPS) is 11.9. The van der Waals surface area contributed by atoms with Crippen LogP contribution in [-0.2, 0) is 39.5 Å². The lowest BCUT2D eigenvalue weighted by molar-refractivity contribution is -0.158. The fourth-order valence-corrected chi connectivity index (χ4v) is 2.41. The molecule has 0 aliphatic carbocycles. The van der Waals surface area contributed by atoms with E-state index in [2.05, 4.69) is 4.74 Å². The Kier molecular flexibility index (Phi) is 5.92. The molecule has 9 heteroatoms. The van der Waals surface area contributed by atoms with Crippen LogP contribution < -0.4 is 0 Å². The lowest BCUT2D eigenvalue weighted by Gasteiger charge is -2.13. The van der Waals surface area contributed by atoms with Crippen LogP contribution in [-0.4, -0.2) is 11.9 Å². The van der Waals surface area contributed by atoms with E-state index in [1.165, 1.54) is 12.1 Å². The lowest BCUT2D eigenvalue weighted by Crippen LogP contribution is -2.20. The predicted octanol–water partition coefficient (Wildman–Crippen LogP) is 4.58. The molecule has 144 valence electrons. The second-order valence-electron chi connectivity index (χ2n) is 5.51. The molecule has 0 unspecified atom stereocenters. The van der Waals surface area contributed by atoms with Crippen molar-refractivity contribution in [2.24, 2.45) is 0 Å². The number of hydrogen-bond donors (Lipinski definition) is 0. The van der Waals surface area contributed by atoms with E-state index in [0.29, 0.717) is 0 Å². The Morgan fingerprint density at radius 1 is 0.667 bits per heavy atom. The molecule has 0 radical (unpaired) electrons. The van der Waals surface area contributed by atoms with Gasteiger partial charge in [0.2, 0.25) is 0 Å². The third-order valence-electron chi connectivity index (χ3n) is 3.54.